The molecule has 1 heterocycles. The second-order valence-electron chi connectivity index (χ2n) is 6.21. The summed E-state index contributed by atoms with van der Waals surface area (Å²) in [7, 11) is 0. The highest BCUT2D eigenvalue weighted by molar-refractivity contribution is 5.93. The van der Waals surface area contributed by atoms with Gasteiger partial charge in [0.25, 0.3) is 0 Å². The topological polar surface area (TPSA) is 53.2 Å². The van der Waals surface area contributed by atoms with E-state index in [1.165, 1.54) is 24.8 Å². The summed E-state index contributed by atoms with van der Waals surface area (Å²) in [5, 5.41) is 3.07. The van der Waals surface area contributed by atoms with Gasteiger partial charge in [-0.25, -0.2) is 0 Å². The van der Waals surface area contributed by atoms with Crippen LogP contribution in [0.3, 0.4) is 0 Å². The number of nitrogens with one attached hydrogen (secondary N) is 3. The van der Waals surface area contributed by atoms with E-state index in [0.29, 0.717) is 5.92 Å². The lowest BCUT2D eigenvalue weighted by atomic mass is 9.76. The van der Waals surface area contributed by atoms with Gasteiger partial charge in [-0.15, -0.1) is 0 Å². The lowest BCUT2D eigenvalue weighted by Gasteiger charge is -2.30. The van der Waals surface area contributed by atoms with Crippen LogP contribution >= 0.6 is 0 Å². The lowest BCUT2D eigenvalue weighted by Crippen LogP contribution is -2.31. The Morgan fingerprint density at radius 3 is 2.86 bits per heavy atom. The number of anilines is 1. The summed E-state index contributed by atoms with van der Waals surface area (Å²) in [4.78, 5) is 12.4. The maximum atomic E-state index is 12.4. The Morgan fingerprint density at radius 1 is 1.41 bits per heavy atom. The highest BCUT2D eigenvalue weighted by atomic mass is 16.1. The SMILES string of the molecule is Cc1ccc(NC(=O)C(C)C2CCC2)cc1C1=CC=CNN1.[HH]. The first-order chi connectivity index (χ1) is 10.6. The number of carbonyl (C=O) groups excluding carboxylic acids is 1. The Bertz CT molecular complexity index is 635. The van der Waals surface area contributed by atoms with Crippen molar-refractivity contribution in [2.24, 2.45) is 11.8 Å². The first-order valence-corrected chi connectivity index (χ1v) is 7.95. The Hall–Kier alpha value is -2.23. The van der Waals surface area contributed by atoms with Crippen LogP contribution in [0, 0.1) is 18.8 Å². The van der Waals surface area contributed by atoms with Gasteiger partial charge >= 0.3 is 0 Å². The summed E-state index contributed by atoms with van der Waals surface area (Å²) in [5.41, 5.74) is 10.2. The van der Waals surface area contributed by atoms with Gasteiger partial charge in [0.1, 0.15) is 0 Å². The van der Waals surface area contributed by atoms with Crippen molar-refractivity contribution in [3.63, 3.8) is 0 Å². The van der Waals surface area contributed by atoms with Gasteiger partial charge in [-0.1, -0.05) is 19.4 Å². The Morgan fingerprint density at radius 2 is 2.23 bits per heavy atom. The van der Waals surface area contributed by atoms with Crippen LogP contribution < -0.4 is 16.2 Å². The molecule has 1 unspecified atom stereocenters. The van der Waals surface area contributed by atoms with E-state index in [2.05, 4.69) is 23.1 Å². The van der Waals surface area contributed by atoms with Gasteiger partial charge in [0.2, 0.25) is 5.91 Å². The van der Waals surface area contributed by atoms with Crippen molar-refractivity contribution >= 4 is 17.3 Å². The first kappa shape index (κ1) is 14.7. The van der Waals surface area contributed by atoms with Crippen LogP contribution in [-0.4, -0.2) is 5.91 Å². The highest BCUT2D eigenvalue weighted by Gasteiger charge is 2.28. The smallest absolute Gasteiger partial charge is 0.227 e. The van der Waals surface area contributed by atoms with E-state index in [-0.39, 0.29) is 13.3 Å². The summed E-state index contributed by atoms with van der Waals surface area (Å²) in [6.07, 6.45) is 9.43. The highest BCUT2D eigenvalue weighted by Crippen LogP contribution is 2.34. The van der Waals surface area contributed by atoms with Gasteiger partial charge < -0.3 is 16.2 Å². The molecule has 1 saturated carbocycles. The molecule has 22 heavy (non-hydrogen) atoms. The third-order valence-electron chi connectivity index (χ3n) is 4.72. The summed E-state index contributed by atoms with van der Waals surface area (Å²) in [5.74, 6) is 0.778. The van der Waals surface area contributed by atoms with Crippen LogP contribution in [-0.2, 0) is 4.79 Å². The average molecular weight is 299 g/mol. The molecule has 2 aliphatic rings. The molecule has 0 bridgehead atoms. The average Bonchev–Trinajstić information content (AvgIpc) is 2.48. The molecule has 0 saturated heterocycles. The van der Waals surface area contributed by atoms with Gasteiger partial charge in [-0.05, 0) is 55.5 Å². The fourth-order valence-corrected chi connectivity index (χ4v) is 2.91. The number of aryl methyl sites for hydroxylation is 1. The minimum atomic E-state index is 0. The van der Waals surface area contributed by atoms with Crippen molar-refractivity contribution in [3.8, 4) is 0 Å². The second-order valence-corrected chi connectivity index (χ2v) is 6.21. The second kappa shape index (κ2) is 6.26. The van der Waals surface area contributed by atoms with Crippen molar-refractivity contribution in [3.05, 3.63) is 47.7 Å². The number of allylic oxidation sites excluding steroid dienone is 2. The Kier molecular flexibility index (Phi) is 4.18. The van der Waals surface area contributed by atoms with E-state index in [1.807, 2.05) is 43.5 Å². The number of benzene rings is 1. The van der Waals surface area contributed by atoms with Crippen molar-refractivity contribution in [2.45, 2.75) is 33.1 Å². The molecule has 1 aliphatic heterocycles. The van der Waals surface area contributed by atoms with E-state index in [9.17, 15) is 4.79 Å². The van der Waals surface area contributed by atoms with Crippen LogP contribution in [0.2, 0.25) is 0 Å². The maximum absolute atomic E-state index is 12.4. The number of hydrazine groups is 1. The quantitative estimate of drug-likeness (QED) is 0.796. The van der Waals surface area contributed by atoms with Gasteiger partial charge in [-0.2, -0.15) is 0 Å². The summed E-state index contributed by atoms with van der Waals surface area (Å²) in [6, 6.07) is 6.04. The molecule has 4 heteroatoms. The van der Waals surface area contributed by atoms with Gasteiger partial charge in [0, 0.05) is 24.8 Å². The molecule has 1 amide bonds. The number of hydrogen-bond donors (Lipinski definition) is 3. The van der Waals surface area contributed by atoms with Crippen LogP contribution in [0.4, 0.5) is 5.69 Å². The lowest BCUT2D eigenvalue weighted by molar-refractivity contribution is -0.121. The van der Waals surface area contributed by atoms with Crippen molar-refractivity contribution in [1.82, 2.24) is 10.9 Å². The van der Waals surface area contributed by atoms with E-state index in [0.717, 1.165) is 16.9 Å². The molecule has 1 aliphatic carbocycles. The number of rotatable bonds is 4. The van der Waals surface area contributed by atoms with Gasteiger partial charge in [-0.3, -0.25) is 4.79 Å². The largest absolute Gasteiger partial charge is 0.326 e. The van der Waals surface area contributed by atoms with Gasteiger partial charge in [0.05, 0.1) is 5.70 Å². The zero-order chi connectivity index (χ0) is 15.5. The Balaban J connectivity index is 0.00000192. The molecule has 118 valence electrons. The first-order valence-electron chi connectivity index (χ1n) is 7.95. The molecule has 3 rings (SSSR count). The van der Waals surface area contributed by atoms with Gasteiger partial charge in [0.15, 0.2) is 0 Å². The van der Waals surface area contributed by atoms with Crippen molar-refractivity contribution < 1.29 is 6.22 Å². The van der Waals surface area contributed by atoms with Crippen LogP contribution in [0.15, 0.2) is 36.6 Å². The minimum Gasteiger partial charge on any atom is -0.326 e. The molecule has 1 atom stereocenters. The zero-order valence-electron chi connectivity index (χ0n) is 13.1. The van der Waals surface area contributed by atoms with E-state index >= 15 is 0 Å². The summed E-state index contributed by atoms with van der Waals surface area (Å²) < 4.78 is 0. The standard InChI is InChI=1S/C18H23N3O.H2/c1-12-8-9-15(11-16(12)17-7-4-10-19-21-17)20-18(22)13(2)14-5-3-6-14;/h4,7-11,13-14,19,21H,3,5-6H2,1-2H3,(H,20,22);1H. The molecule has 0 spiro atoms. The number of amides is 1. The monoisotopic (exact) mass is 299 g/mol. The third kappa shape index (κ3) is 3.01. The Labute approximate surface area is 133 Å². The van der Waals surface area contributed by atoms with Crippen LogP contribution in [0.1, 0.15) is 38.7 Å². The molecule has 0 radical (unpaired) electrons. The van der Waals surface area contributed by atoms with Crippen LogP contribution in [0.5, 0.6) is 0 Å². The molecule has 1 aromatic carbocycles. The third-order valence-corrected chi connectivity index (χ3v) is 4.72. The predicted molar refractivity (Wildman–Crippen MR) is 91.8 cm³/mol. The van der Waals surface area contributed by atoms with E-state index < -0.39 is 0 Å². The summed E-state index contributed by atoms with van der Waals surface area (Å²) in [6.45, 7) is 4.10. The molecule has 3 N–H and O–H groups in total. The molecule has 4 nitrogen and oxygen atoms in total. The molecular weight excluding hydrogens is 274 g/mol. The van der Waals surface area contributed by atoms with E-state index in [4.69, 9.17) is 0 Å². The fraction of sp³-hybridized carbons (Fsp3) is 0.389. The van der Waals surface area contributed by atoms with E-state index in [1.54, 1.807) is 0 Å². The molecule has 1 fully saturated rings. The van der Waals surface area contributed by atoms with Crippen molar-refractivity contribution in [1.29, 1.82) is 0 Å². The summed E-state index contributed by atoms with van der Waals surface area (Å²) >= 11 is 0. The molecule has 1 aromatic rings. The predicted octanol–water partition coefficient (Wildman–Crippen LogP) is 3.58. The van der Waals surface area contributed by atoms with Crippen LogP contribution in [0.25, 0.3) is 5.70 Å². The normalized spacial score (nSPS) is 18.5. The molecule has 0 aromatic heterocycles. The number of carbonyl (C=O) groups is 1. The number of hydrogen-bond acceptors (Lipinski definition) is 3. The van der Waals surface area contributed by atoms with Crippen molar-refractivity contribution in [2.75, 3.05) is 5.32 Å². The molecular formula is C18H25N3O. The fourth-order valence-electron chi connectivity index (χ4n) is 2.91. The minimum absolute atomic E-state index is 0. The maximum Gasteiger partial charge on any atom is 0.227 e. The zero-order valence-corrected chi connectivity index (χ0v) is 13.1.